The van der Waals surface area contributed by atoms with E-state index in [9.17, 15) is 13.2 Å². The first-order valence-electron chi connectivity index (χ1n) is 7.31. The molecule has 0 aliphatic heterocycles. The fourth-order valence-electron chi connectivity index (χ4n) is 1.82. The molecular weight excluding hydrogens is 311 g/mol. The molecule has 0 saturated heterocycles. The van der Waals surface area contributed by atoms with Crippen molar-refractivity contribution in [2.24, 2.45) is 4.99 Å². The maximum absolute atomic E-state index is 13.8. The second-order valence-electron chi connectivity index (χ2n) is 4.56. The monoisotopic (exact) mass is 333 g/mol. The van der Waals surface area contributed by atoms with E-state index >= 15 is 0 Å². The van der Waals surface area contributed by atoms with Crippen molar-refractivity contribution >= 4 is 5.96 Å². The first-order chi connectivity index (χ1) is 11.1. The molecule has 0 aliphatic rings. The lowest BCUT2D eigenvalue weighted by Crippen LogP contribution is -2.38. The topological polar surface area (TPSA) is 54.9 Å². The SMILES string of the molecule is CCNC(=NCc1c(F)cccc1OC(F)F)NCCCOC. The summed E-state index contributed by atoms with van der Waals surface area (Å²) in [6.07, 6.45) is 0.778. The minimum atomic E-state index is -3.01. The van der Waals surface area contributed by atoms with Gasteiger partial charge >= 0.3 is 6.61 Å². The van der Waals surface area contributed by atoms with Crippen molar-refractivity contribution in [2.75, 3.05) is 26.8 Å². The van der Waals surface area contributed by atoms with Gasteiger partial charge in [0.2, 0.25) is 0 Å². The fraction of sp³-hybridized carbons (Fsp3) is 0.533. The van der Waals surface area contributed by atoms with E-state index in [0.29, 0.717) is 25.7 Å². The van der Waals surface area contributed by atoms with E-state index in [1.54, 1.807) is 7.11 Å². The van der Waals surface area contributed by atoms with E-state index in [2.05, 4.69) is 20.4 Å². The summed E-state index contributed by atoms with van der Waals surface area (Å²) in [7, 11) is 1.61. The predicted octanol–water partition coefficient (Wildman–Crippen LogP) is 2.52. The Balaban J connectivity index is 2.77. The Morgan fingerprint density at radius 2 is 2.09 bits per heavy atom. The molecule has 2 N–H and O–H groups in total. The molecule has 0 unspecified atom stereocenters. The highest BCUT2D eigenvalue weighted by Crippen LogP contribution is 2.24. The molecule has 0 spiro atoms. The molecule has 130 valence electrons. The number of alkyl halides is 2. The van der Waals surface area contributed by atoms with Crippen molar-refractivity contribution in [2.45, 2.75) is 26.5 Å². The number of hydrogen-bond donors (Lipinski definition) is 2. The Hall–Kier alpha value is -1.96. The van der Waals surface area contributed by atoms with E-state index in [-0.39, 0.29) is 17.9 Å². The van der Waals surface area contributed by atoms with Gasteiger partial charge in [-0.1, -0.05) is 6.07 Å². The van der Waals surface area contributed by atoms with Gasteiger partial charge in [-0.05, 0) is 25.5 Å². The van der Waals surface area contributed by atoms with Crippen LogP contribution in [0.2, 0.25) is 0 Å². The smallest absolute Gasteiger partial charge is 0.387 e. The van der Waals surface area contributed by atoms with Gasteiger partial charge in [-0.2, -0.15) is 8.78 Å². The normalized spacial score (nSPS) is 11.7. The molecule has 1 aromatic rings. The van der Waals surface area contributed by atoms with Gasteiger partial charge in [0.1, 0.15) is 11.6 Å². The predicted molar refractivity (Wildman–Crippen MR) is 82.3 cm³/mol. The van der Waals surface area contributed by atoms with Gasteiger partial charge in [0.25, 0.3) is 0 Å². The molecule has 0 heterocycles. The Morgan fingerprint density at radius 3 is 2.74 bits per heavy atom. The van der Waals surface area contributed by atoms with Crippen molar-refractivity contribution < 1.29 is 22.6 Å². The Bertz CT molecular complexity index is 499. The van der Waals surface area contributed by atoms with E-state index in [1.807, 2.05) is 6.92 Å². The quantitative estimate of drug-likeness (QED) is 0.414. The summed E-state index contributed by atoms with van der Waals surface area (Å²) < 4.78 is 47.9. The van der Waals surface area contributed by atoms with Crippen LogP contribution in [0.5, 0.6) is 5.75 Å². The molecule has 1 aromatic carbocycles. The first kappa shape index (κ1) is 19.1. The van der Waals surface area contributed by atoms with E-state index < -0.39 is 12.4 Å². The van der Waals surface area contributed by atoms with Crippen LogP contribution in [-0.2, 0) is 11.3 Å². The molecule has 8 heteroatoms. The summed E-state index contributed by atoms with van der Waals surface area (Å²) in [5.74, 6) is -0.379. The third-order valence-electron chi connectivity index (χ3n) is 2.85. The summed E-state index contributed by atoms with van der Waals surface area (Å²) in [6.45, 7) is 0.603. The number of halogens is 3. The van der Waals surface area contributed by atoms with Crippen molar-refractivity contribution in [1.82, 2.24) is 10.6 Å². The van der Waals surface area contributed by atoms with Gasteiger partial charge in [-0.15, -0.1) is 0 Å². The van der Waals surface area contributed by atoms with Gasteiger partial charge < -0.3 is 20.1 Å². The van der Waals surface area contributed by atoms with Crippen LogP contribution < -0.4 is 15.4 Å². The lowest BCUT2D eigenvalue weighted by atomic mass is 10.2. The molecule has 0 atom stereocenters. The maximum Gasteiger partial charge on any atom is 0.387 e. The molecule has 1 rings (SSSR count). The number of rotatable bonds is 9. The fourth-order valence-corrected chi connectivity index (χ4v) is 1.82. The number of benzene rings is 1. The van der Waals surface area contributed by atoms with Crippen molar-refractivity contribution in [3.63, 3.8) is 0 Å². The van der Waals surface area contributed by atoms with E-state index in [4.69, 9.17) is 4.74 Å². The number of aliphatic imine (C=N–C) groups is 1. The minimum absolute atomic E-state index is 0.0121. The average Bonchev–Trinajstić information content (AvgIpc) is 2.50. The highest BCUT2D eigenvalue weighted by Gasteiger charge is 2.13. The summed E-state index contributed by atoms with van der Waals surface area (Å²) in [5.41, 5.74) is -0.0121. The van der Waals surface area contributed by atoms with Crippen LogP contribution in [-0.4, -0.2) is 39.4 Å². The number of hydrogen-bond acceptors (Lipinski definition) is 3. The van der Waals surface area contributed by atoms with E-state index in [0.717, 1.165) is 6.42 Å². The van der Waals surface area contributed by atoms with Gasteiger partial charge in [0.15, 0.2) is 5.96 Å². The summed E-state index contributed by atoms with van der Waals surface area (Å²) in [5, 5.41) is 6.05. The van der Waals surface area contributed by atoms with Crippen LogP contribution in [0.15, 0.2) is 23.2 Å². The van der Waals surface area contributed by atoms with E-state index in [1.165, 1.54) is 18.2 Å². The third-order valence-corrected chi connectivity index (χ3v) is 2.85. The zero-order valence-electron chi connectivity index (χ0n) is 13.2. The molecule has 0 saturated carbocycles. The molecule has 0 aromatic heterocycles. The van der Waals surface area contributed by atoms with Crippen LogP contribution in [0.3, 0.4) is 0 Å². The summed E-state index contributed by atoms with van der Waals surface area (Å²) in [6, 6.07) is 3.79. The highest BCUT2D eigenvalue weighted by atomic mass is 19.3. The van der Waals surface area contributed by atoms with Crippen LogP contribution in [0.1, 0.15) is 18.9 Å². The first-order valence-corrected chi connectivity index (χ1v) is 7.31. The molecule has 23 heavy (non-hydrogen) atoms. The number of methoxy groups -OCH3 is 1. The standard InChI is InChI=1S/C15H22F3N3O2/c1-3-19-15(20-8-5-9-22-2)21-10-11-12(16)6-4-7-13(11)23-14(17)18/h4,6-7,14H,3,5,8-10H2,1-2H3,(H2,19,20,21). The van der Waals surface area contributed by atoms with Crippen LogP contribution in [0, 0.1) is 5.82 Å². The van der Waals surface area contributed by atoms with Gasteiger partial charge in [-0.3, -0.25) is 0 Å². The molecule has 0 radical (unpaired) electrons. The number of ether oxygens (including phenoxy) is 2. The average molecular weight is 333 g/mol. The minimum Gasteiger partial charge on any atom is -0.434 e. The van der Waals surface area contributed by atoms with Gasteiger partial charge in [0.05, 0.1) is 12.1 Å². The van der Waals surface area contributed by atoms with Crippen molar-refractivity contribution in [3.05, 3.63) is 29.6 Å². The summed E-state index contributed by atoms with van der Waals surface area (Å²) >= 11 is 0. The van der Waals surface area contributed by atoms with Crippen molar-refractivity contribution in [3.8, 4) is 5.75 Å². The third kappa shape index (κ3) is 7.23. The zero-order chi connectivity index (χ0) is 17.1. The van der Waals surface area contributed by atoms with Crippen LogP contribution in [0.4, 0.5) is 13.2 Å². The Kier molecular flexibility index (Phi) is 8.89. The molecular formula is C15H22F3N3O2. The summed E-state index contributed by atoms with van der Waals surface area (Å²) in [4.78, 5) is 4.20. The number of nitrogens with zero attached hydrogens (tertiary/aromatic N) is 1. The molecule has 0 fully saturated rings. The Labute approximate surface area is 133 Å². The van der Waals surface area contributed by atoms with Gasteiger partial charge in [0, 0.05) is 26.8 Å². The molecule has 0 aliphatic carbocycles. The van der Waals surface area contributed by atoms with Crippen LogP contribution >= 0.6 is 0 Å². The second-order valence-corrected chi connectivity index (χ2v) is 4.56. The second kappa shape index (κ2) is 10.7. The molecule has 5 nitrogen and oxygen atoms in total. The zero-order valence-corrected chi connectivity index (χ0v) is 13.2. The van der Waals surface area contributed by atoms with Gasteiger partial charge in [-0.25, -0.2) is 9.38 Å². The lowest BCUT2D eigenvalue weighted by Gasteiger charge is -2.13. The molecule has 0 bridgehead atoms. The Morgan fingerprint density at radius 1 is 1.30 bits per heavy atom. The number of guanidine groups is 1. The lowest BCUT2D eigenvalue weighted by molar-refractivity contribution is -0.0506. The molecule has 0 amide bonds. The maximum atomic E-state index is 13.8. The number of nitrogens with one attached hydrogen (secondary N) is 2. The van der Waals surface area contributed by atoms with Crippen LogP contribution in [0.25, 0.3) is 0 Å². The highest BCUT2D eigenvalue weighted by molar-refractivity contribution is 5.79. The largest absolute Gasteiger partial charge is 0.434 e. The van der Waals surface area contributed by atoms with Crippen molar-refractivity contribution in [1.29, 1.82) is 0 Å².